The number of ether oxygens (including phenoxy) is 1. The topological polar surface area (TPSA) is 32.8 Å². The third-order valence-electron chi connectivity index (χ3n) is 3.30. The molecule has 0 saturated carbocycles. The largest absolute Gasteiger partial charge is 0.488 e. The summed E-state index contributed by atoms with van der Waals surface area (Å²) in [5.74, 6) is 0.923. The van der Waals surface area contributed by atoms with Crippen LogP contribution in [0.25, 0.3) is 0 Å². The second-order valence-corrected chi connectivity index (χ2v) is 5.20. The maximum atomic E-state index is 11.9. The van der Waals surface area contributed by atoms with Crippen LogP contribution in [-0.4, -0.2) is 55.5 Å². The van der Waals surface area contributed by atoms with Gasteiger partial charge in [-0.2, -0.15) is 0 Å². The zero-order chi connectivity index (χ0) is 13.0. The lowest BCUT2D eigenvalue weighted by molar-refractivity contribution is -0.136. The van der Waals surface area contributed by atoms with Gasteiger partial charge in [-0.15, -0.1) is 0 Å². The van der Waals surface area contributed by atoms with Crippen molar-refractivity contribution < 1.29 is 9.53 Å². The summed E-state index contributed by atoms with van der Waals surface area (Å²) < 4.78 is 5.53. The zero-order valence-corrected chi connectivity index (χ0v) is 11.4. The Bertz CT molecular complexity index is 371. The molecule has 1 heterocycles. The summed E-state index contributed by atoms with van der Waals surface area (Å²) >= 11 is 5.86. The van der Waals surface area contributed by atoms with Gasteiger partial charge in [-0.3, -0.25) is 4.79 Å². The van der Waals surface area contributed by atoms with E-state index in [9.17, 15) is 4.79 Å². The number of likely N-dealkylation sites (N-methyl/N-ethyl adjacent to an activating group) is 1. The molecule has 0 aromatic heterocycles. The van der Waals surface area contributed by atoms with Crippen molar-refractivity contribution in [1.82, 2.24) is 9.80 Å². The predicted molar refractivity (Wildman–Crippen MR) is 71.3 cm³/mol. The summed E-state index contributed by atoms with van der Waals surface area (Å²) in [6.07, 6.45) is 5.27. The number of amides is 1. The van der Waals surface area contributed by atoms with Gasteiger partial charge in [-0.05, 0) is 25.6 Å². The van der Waals surface area contributed by atoms with Gasteiger partial charge in [0.1, 0.15) is 0 Å². The highest BCUT2D eigenvalue weighted by Crippen LogP contribution is 2.21. The van der Waals surface area contributed by atoms with Gasteiger partial charge in [0, 0.05) is 37.6 Å². The number of rotatable bonds is 3. The Hall–Kier alpha value is -1.00. The van der Waals surface area contributed by atoms with Gasteiger partial charge in [0.15, 0.2) is 6.61 Å². The normalized spacial score (nSPS) is 21.3. The van der Waals surface area contributed by atoms with Crippen LogP contribution in [0.15, 0.2) is 22.9 Å². The van der Waals surface area contributed by atoms with Crippen LogP contribution < -0.4 is 0 Å². The lowest BCUT2D eigenvalue weighted by atomic mass is 10.1. The summed E-state index contributed by atoms with van der Waals surface area (Å²) in [4.78, 5) is 16.0. The van der Waals surface area contributed by atoms with Gasteiger partial charge in [0.05, 0.1) is 5.76 Å². The minimum absolute atomic E-state index is 0.0738. The van der Waals surface area contributed by atoms with Crippen LogP contribution in [0.1, 0.15) is 12.8 Å². The molecule has 0 atom stereocenters. The molecule has 100 valence electrons. The van der Waals surface area contributed by atoms with Crippen LogP contribution >= 0.6 is 11.6 Å². The molecule has 0 aromatic carbocycles. The van der Waals surface area contributed by atoms with Gasteiger partial charge >= 0.3 is 0 Å². The first kappa shape index (κ1) is 13.4. The van der Waals surface area contributed by atoms with Gasteiger partial charge < -0.3 is 14.5 Å². The van der Waals surface area contributed by atoms with E-state index in [4.69, 9.17) is 16.3 Å². The Labute approximate surface area is 113 Å². The standard InChI is InChI=1S/C13H19ClN2O2/c1-15-6-8-16(9-7-15)13(17)10-18-12-4-2-11(14)3-5-12/h2,4H,3,5-10H2,1H3. The average molecular weight is 271 g/mol. The van der Waals surface area contributed by atoms with Gasteiger partial charge in [-0.1, -0.05) is 11.6 Å². The van der Waals surface area contributed by atoms with Crippen LogP contribution in [0.5, 0.6) is 0 Å². The molecule has 1 fully saturated rings. The summed E-state index contributed by atoms with van der Waals surface area (Å²) in [6, 6.07) is 0. The molecule has 1 aliphatic carbocycles. The highest BCUT2D eigenvalue weighted by Gasteiger charge is 2.19. The Morgan fingerprint density at radius 3 is 2.61 bits per heavy atom. The molecular formula is C13H19ClN2O2. The second-order valence-electron chi connectivity index (χ2n) is 4.72. The molecule has 5 heteroatoms. The van der Waals surface area contributed by atoms with E-state index in [1.165, 1.54) is 0 Å². The fourth-order valence-electron chi connectivity index (χ4n) is 2.01. The Morgan fingerprint density at radius 1 is 1.28 bits per heavy atom. The molecule has 0 aromatic rings. The maximum absolute atomic E-state index is 11.9. The summed E-state index contributed by atoms with van der Waals surface area (Å²) in [5.41, 5.74) is 0. The van der Waals surface area contributed by atoms with Crippen LogP contribution in [0.4, 0.5) is 0 Å². The van der Waals surface area contributed by atoms with Crippen LogP contribution in [0, 0.1) is 0 Å². The molecule has 18 heavy (non-hydrogen) atoms. The van der Waals surface area contributed by atoms with E-state index in [1.807, 2.05) is 17.1 Å². The monoisotopic (exact) mass is 270 g/mol. The number of hydrogen-bond donors (Lipinski definition) is 0. The molecule has 1 aliphatic heterocycles. The van der Waals surface area contributed by atoms with Crippen molar-refractivity contribution in [2.45, 2.75) is 12.8 Å². The number of nitrogens with zero attached hydrogens (tertiary/aromatic N) is 2. The van der Waals surface area contributed by atoms with Crippen LogP contribution in [0.2, 0.25) is 0 Å². The molecule has 2 rings (SSSR count). The molecule has 0 N–H and O–H groups in total. The van der Waals surface area contributed by atoms with Crippen molar-refractivity contribution in [3.63, 3.8) is 0 Å². The van der Waals surface area contributed by atoms with Crippen molar-refractivity contribution in [2.24, 2.45) is 0 Å². The van der Waals surface area contributed by atoms with Gasteiger partial charge in [0.25, 0.3) is 5.91 Å². The number of halogens is 1. The predicted octanol–water partition coefficient (Wildman–Crippen LogP) is 1.58. The number of carbonyl (C=O) groups is 1. The van der Waals surface area contributed by atoms with E-state index < -0.39 is 0 Å². The van der Waals surface area contributed by atoms with E-state index in [2.05, 4.69) is 11.9 Å². The third-order valence-corrected chi connectivity index (χ3v) is 3.61. The summed E-state index contributed by atoms with van der Waals surface area (Å²) in [5, 5.41) is 0.841. The molecule has 0 unspecified atom stereocenters. The molecule has 1 amide bonds. The van der Waals surface area contributed by atoms with E-state index in [1.54, 1.807) is 0 Å². The lowest BCUT2D eigenvalue weighted by Gasteiger charge is -2.32. The number of allylic oxidation sites excluding steroid dienone is 4. The first-order chi connectivity index (χ1) is 8.65. The fraction of sp³-hybridized carbons (Fsp3) is 0.615. The Kier molecular flexibility index (Phi) is 4.66. The first-order valence-electron chi connectivity index (χ1n) is 6.29. The van der Waals surface area contributed by atoms with Crippen LogP contribution in [0.3, 0.4) is 0 Å². The van der Waals surface area contributed by atoms with E-state index in [0.717, 1.165) is 49.8 Å². The quantitative estimate of drug-likeness (QED) is 0.781. The van der Waals surface area contributed by atoms with E-state index in [0.29, 0.717) is 0 Å². The minimum atomic E-state index is 0.0738. The molecule has 0 radical (unpaired) electrons. The van der Waals surface area contributed by atoms with Crippen molar-refractivity contribution >= 4 is 17.5 Å². The molecular weight excluding hydrogens is 252 g/mol. The van der Waals surface area contributed by atoms with Gasteiger partial charge in [0.2, 0.25) is 0 Å². The van der Waals surface area contributed by atoms with E-state index in [-0.39, 0.29) is 12.5 Å². The van der Waals surface area contributed by atoms with Crippen molar-refractivity contribution in [1.29, 1.82) is 0 Å². The molecule has 4 nitrogen and oxygen atoms in total. The molecule has 0 bridgehead atoms. The molecule has 1 saturated heterocycles. The summed E-state index contributed by atoms with van der Waals surface area (Å²) in [6.45, 7) is 3.60. The minimum Gasteiger partial charge on any atom is -0.488 e. The van der Waals surface area contributed by atoms with Crippen LogP contribution in [-0.2, 0) is 9.53 Å². The maximum Gasteiger partial charge on any atom is 0.260 e. The highest BCUT2D eigenvalue weighted by atomic mass is 35.5. The lowest BCUT2D eigenvalue weighted by Crippen LogP contribution is -2.48. The van der Waals surface area contributed by atoms with Crippen molar-refractivity contribution in [2.75, 3.05) is 39.8 Å². The zero-order valence-electron chi connectivity index (χ0n) is 10.7. The van der Waals surface area contributed by atoms with Crippen molar-refractivity contribution in [3.8, 4) is 0 Å². The third kappa shape index (κ3) is 3.75. The Morgan fingerprint density at radius 2 is 2.00 bits per heavy atom. The van der Waals surface area contributed by atoms with Gasteiger partial charge in [-0.25, -0.2) is 0 Å². The number of carbonyl (C=O) groups excluding carboxylic acids is 1. The van der Waals surface area contributed by atoms with E-state index >= 15 is 0 Å². The molecule has 2 aliphatic rings. The highest BCUT2D eigenvalue weighted by molar-refractivity contribution is 6.29. The average Bonchev–Trinajstić information content (AvgIpc) is 2.38. The molecule has 0 spiro atoms. The first-order valence-corrected chi connectivity index (χ1v) is 6.67. The fourth-order valence-corrected chi connectivity index (χ4v) is 2.17. The summed E-state index contributed by atoms with van der Waals surface area (Å²) in [7, 11) is 2.07. The number of hydrogen-bond acceptors (Lipinski definition) is 3. The smallest absolute Gasteiger partial charge is 0.260 e. The number of piperazine rings is 1. The van der Waals surface area contributed by atoms with Crippen molar-refractivity contribution in [3.05, 3.63) is 22.9 Å². The second kappa shape index (κ2) is 6.25. The Balaban J connectivity index is 1.75. The SMILES string of the molecule is CN1CCN(C(=O)COC2=CC=C(Cl)CC2)CC1.